The zero-order valence-corrected chi connectivity index (χ0v) is 12.5. The topological polar surface area (TPSA) is 78.0 Å². The third-order valence-corrected chi connectivity index (χ3v) is 4.29. The molecule has 0 amide bonds. The van der Waals surface area contributed by atoms with Gasteiger partial charge in [0.1, 0.15) is 5.54 Å². The molecule has 0 saturated carbocycles. The Hall–Kier alpha value is -1.53. The summed E-state index contributed by atoms with van der Waals surface area (Å²) in [7, 11) is 0. The standard InChI is InChI=1S/C14H19N3O2S/c1-3-8-15-14(2,12(18)19)9-20-13-16-10-6-4-5-7-11(10)17-13/h4-7,15H,3,8-9H2,1-2H3,(H,16,17)(H,18,19). The highest BCUT2D eigenvalue weighted by molar-refractivity contribution is 7.99. The van der Waals surface area contributed by atoms with Gasteiger partial charge in [-0.05, 0) is 32.0 Å². The molecule has 0 radical (unpaired) electrons. The first-order valence-corrected chi connectivity index (χ1v) is 7.59. The van der Waals surface area contributed by atoms with Crippen LogP contribution in [-0.4, -0.2) is 38.9 Å². The van der Waals surface area contributed by atoms with Crippen LogP contribution in [0.5, 0.6) is 0 Å². The van der Waals surface area contributed by atoms with Crippen molar-refractivity contribution in [2.75, 3.05) is 12.3 Å². The van der Waals surface area contributed by atoms with E-state index in [9.17, 15) is 9.90 Å². The number of thioether (sulfide) groups is 1. The van der Waals surface area contributed by atoms with E-state index in [1.54, 1.807) is 6.92 Å². The first-order chi connectivity index (χ1) is 9.55. The predicted octanol–water partition coefficient (Wildman–Crippen LogP) is 2.50. The molecule has 1 aromatic heterocycles. The number of hydrogen-bond acceptors (Lipinski definition) is 4. The summed E-state index contributed by atoms with van der Waals surface area (Å²) in [6, 6.07) is 7.76. The van der Waals surface area contributed by atoms with E-state index in [1.807, 2.05) is 31.2 Å². The van der Waals surface area contributed by atoms with Gasteiger partial charge in [-0.1, -0.05) is 30.8 Å². The molecule has 20 heavy (non-hydrogen) atoms. The maximum absolute atomic E-state index is 11.4. The zero-order valence-electron chi connectivity index (χ0n) is 11.6. The van der Waals surface area contributed by atoms with Crippen molar-refractivity contribution in [3.05, 3.63) is 24.3 Å². The van der Waals surface area contributed by atoms with Crippen LogP contribution in [0.4, 0.5) is 0 Å². The number of carbonyl (C=O) groups is 1. The van der Waals surface area contributed by atoms with Gasteiger partial charge in [0.15, 0.2) is 5.16 Å². The zero-order chi connectivity index (χ0) is 14.6. The Bertz CT molecular complexity index is 566. The summed E-state index contributed by atoms with van der Waals surface area (Å²) in [6.07, 6.45) is 0.901. The lowest BCUT2D eigenvalue weighted by atomic mass is 10.1. The summed E-state index contributed by atoms with van der Waals surface area (Å²) >= 11 is 1.42. The van der Waals surface area contributed by atoms with E-state index in [0.717, 1.165) is 22.6 Å². The molecule has 0 bridgehead atoms. The quantitative estimate of drug-likeness (QED) is 0.684. The van der Waals surface area contributed by atoms with Crippen LogP contribution < -0.4 is 5.32 Å². The summed E-state index contributed by atoms with van der Waals surface area (Å²) in [4.78, 5) is 19.1. The Morgan fingerprint density at radius 3 is 2.90 bits per heavy atom. The molecular weight excluding hydrogens is 274 g/mol. The highest BCUT2D eigenvalue weighted by Gasteiger charge is 2.32. The molecule has 3 N–H and O–H groups in total. The van der Waals surface area contributed by atoms with Crippen molar-refractivity contribution < 1.29 is 9.90 Å². The average Bonchev–Trinajstić information content (AvgIpc) is 2.85. The van der Waals surface area contributed by atoms with Gasteiger partial charge in [0.05, 0.1) is 11.0 Å². The fourth-order valence-corrected chi connectivity index (χ4v) is 2.80. The van der Waals surface area contributed by atoms with Crippen molar-refractivity contribution in [3.8, 4) is 0 Å². The largest absolute Gasteiger partial charge is 0.480 e. The number of nitrogens with one attached hydrogen (secondary N) is 2. The molecule has 2 aromatic rings. The number of imidazole rings is 1. The lowest BCUT2D eigenvalue weighted by Gasteiger charge is -2.25. The van der Waals surface area contributed by atoms with Gasteiger partial charge in [-0.15, -0.1) is 0 Å². The predicted molar refractivity (Wildman–Crippen MR) is 81.2 cm³/mol. The van der Waals surface area contributed by atoms with Crippen LogP contribution in [0.1, 0.15) is 20.3 Å². The van der Waals surface area contributed by atoms with Gasteiger partial charge in [0.2, 0.25) is 0 Å². The van der Waals surface area contributed by atoms with Crippen molar-refractivity contribution >= 4 is 28.8 Å². The van der Waals surface area contributed by atoms with E-state index in [-0.39, 0.29) is 0 Å². The molecule has 1 aromatic carbocycles. The second kappa shape index (κ2) is 6.28. The molecule has 108 valence electrons. The number of aromatic nitrogens is 2. The first-order valence-electron chi connectivity index (χ1n) is 6.61. The van der Waals surface area contributed by atoms with Crippen molar-refractivity contribution in [3.63, 3.8) is 0 Å². The summed E-state index contributed by atoms with van der Waals surface area (Å²) < 4.78 is 0. The van der Waals surface area contributed by atoms with Crippen LogP contribution in [0.2, 0.25) is 0 Å². The highest BCUT2D eigenvalue weighted by atomic mass is 32.2. The number of para-hydroxylation sites is 2. The maximum Gasteiger partial charge on any atom is 0.324 e. The van der Waals surface area contributed by atoms with Crippen LogP contribution in [0.25, 0.3) is 11.0 Å². The number of rotatable bonds is 7. The van der Waals surface area contributed by atoms with Gasteiger partial charge >= 0.3 is 5.97 Å². The molecule has 0 aliphatic rings. The third-order valence-electron chi connectivity index (χ3n) is 3.10. The Kier molecular flexibility index (Phi) is 4.67. The van der Waals surface area contributed by atoms with Crippen molar-refractivity contribution in [2.24, 2.45) is 0 Å². The minimum absolute atomic E-state index is 0.419. The molecule has 0 spiro atoms. The number of aromatic amines is 1. The minimum atomic E-state index is -0.945. The monoisotopic (exact) mass is 293 g/mol. The summed E-state index contributed by atoms with van der Waals surface area (Å²) in [6.45, 7) is 4.41. The lowest BCUT2D eigenvalue weighted by molar-refractivity contribution is -0.143. The molecule has 6 heteroatoms. The fourth-order valence-electron chi connectivity index (χ4n) is 1.80. The van der Waals surface area contributed by atoms with Crippen LogP contribution in [-0.2, 0) is 4.79 Å². The Labute approximate surface area is 122 Å². The van der Waals surface area contributed by atoms with Gasteiger partial charge in [0, 0.05) is 5.75 Å². The Morgan fingerprint density at radius 1 is 1.50 bits per heavy atom. The maximum atomic E-state index is 11.4. The number of hydrogen-bond donors (Lipinski definition) is 3. The Balaban J connectivity index is 2.06. The van der Waals surface area contributed by atoms with E-state index in [2.05, 4.69) is 15.3 Å². The summed E-state index contributed by atoms with van der Waals surface area (Å²) in [5, 5.41) is 13.2. The first kappa shape index (κ1) is 14.9. The molecular formula is C14H19N3O2S. The minimum Gasteiger partial charge on any atom is -0.480 e. The van der Waals surface area contributed by atoms with Crippen LogP contribution >= 0.6 is 11.8 Å². The van der Waals surface area contributed by atoms with Crippen LogP contribution in [0.3, 0.4) is 0 Å². The van der Waals surface area contributed by atoms with E-state index >= 15 is 0 Å². The van der Waals surface area contributed by atoms with E-state index in [4.69, 9.17) is 0 Å². The van der Waals surface area contributed by atoms with Gasteiger partial charge < -0.3 is 15.4 Å². The number of H-pyrrole nitrogens is 1. The normalized spacial score (nSPS) is 14.3. The van der Waals surface area contributed by atoms with Gasteiger partial charge in [-0.25, -0.2) is 4.98 Å². The van der Waals surface area contributed by atoms with E-state index in [1.165, 1.54) is 11.8 Å². The SMILES string of the molecule is CCCNC(C)(CSc1nc2ccccc2[nH]1)C(=O)O. The van der Waals surface area contributed by atoms with Crippen LogP contribution in [0, 0.1) is 0 Å². The Morgan fingerprint density at radius 2 is 2.25 bits per heavy atom. The van der Waals surface area contributed by atoms with Crippen LogP contribution in [0.15, 0.2) is 29.4 Å². The molecule has 0 fully saturated rings. The third kappa shape index (κ3) is 3.32. The van der Waals surface area contributed by atoms with E-state index < -0.39 is 11.5 Å². The molecule has 0 saturated heterocycles. The van der Waals surface area contributed by atoms with Gasteiger partial charge in [-0.2, -0.15) is 0 Å². The van der Waals surface area contributed by atoms with Crippen molar-refractivity contribution in [2.45, 2.75) is 31.0 Å². The summed E-state index contributed by atoms with van der Waals surface area (Å²) in [5.41, 5.74) is 0.918. The van der Waals surface area contributed by atoms with E-state index in [0.29, 0.717) is 12.3 Å². The number of carboxylic acid groups (broad SMARTS) is 1. The van der Waals surface area contributed by atoms with Gasteiger partial charge in [-0.3, -0.25) is 4.79 Å². The number of carboxylic acids is 1. The molecule has 0 aliphatic heterocycles. The van der Waals surface area contributed by atoms with Crippen molar-refractivity contribution in [1.29, 1.82) is 0 Å². The number of aliphatic carboxylic acids is 1. The lowest BCUT2D eigenvalue weighted by Crippen LogP contribution is -2.51. The van der Waals surface area contributed by atoms with Gasteiger partial charge in [0.25, 0.3) is 0 Å². The molecule has 1 unspecified atom stereocenters. The smallest absolute Gasteiger partial charge is 0.324 e. The second-order valence-electron chi connectivity index (χ2n) is 4.91. The highest BCUT2D eigenvalue weighted by Crippen LogP contribution is 2.23. The molecule has 5 nitrogen and oxygen atoms in total. The second-order valence-corrected chi connectivity index (χ2v) is 5.88. The number of benzene rings is 1. The molecule has 1 atom stereocenters. The molecule has 2 rings (SSSR count). The number of nitrogens with zero attached hydrogens (tertiary/aromatic N) is 1. The number of fused-ring (bicyclic) bond motifs is 1. The van der Waals surface area contributed by atoms with Crippen molar-refractivity contribution in [1.82, 2.24) is 15.3 Å². The molecule has 1 heterocycles. The molecule has 0 aliphatic carbocycles. The average molecular weight is 293 g/mol. The summed E-state index contributed by atoms with van der Waals surface area (Å²) in [5.74, 6) is -0.420. The fraction of sp³-hybridized carbons (Fsp3) is 0.429.